The van der Waals surface area contributed by atoms with E-state index in [0.29, 0.717) is 0 Å². The van der Waals surface area contributed by atoms with Crippen LogP contribution in [0.1, 0.15) is 45.7 Å². The summed E-state index contributed by atoms with van der Waals surface area (Å²) in [5.74, 6) is 0. The van der Waals surface area contributed by atoms with Crippen molar-refractivity contribution in [3.05, 3.63) is 33.8 Å². The number of rotatable bonds is 0. The SMILES string of the molecule is CC.Cc1cc(Br)cc(C(C)(C)C)c1. The van der Waals surface area contributed by atoms with Gasteiger partial charge in [0.2, 0.25) is 0 Å². The summed E-state index contributed by atoms with van der Waals surface area (Å²) >= 11 is 3.51. The molecule has 0 unspecified atom stereocenters. The molecule has 0 fully saturated rings. The van der Waals surface area contributed by atoms with Crippen LogP contribution in [0.15, 0.2) is 22.7 Å². The Labute approximate surface area is 96.9 Å². The average molecular weight is 257 g/mol. The van der Waals surface area contributed by atoms with Gasteiger partial charge >= 0.3 is 0 Å². The van der Waals surface area contributed by atoms with Gasteiger partial charge in [0, 0.05) is 4.47 Å². The van der Waals surface area contributed by atoms with Gasteiger partial charge < -0.3 is 0 Å². The molecule has 14 heavy (non-hydrogen) atoms. The van der Waals surface area contributed by atoms with Crippen LogP contribution in [0.5, 0.6) is 0 Å². The third-order valence-corrected chi connectivity index (χ3v) is 2.37. The molecule has 0 N–H and O–H groups in total. The molecule has 1 heteroatoms. The molecule has 1 aromatic carbocycles. The second-order valence-corrected chi connectivity index (χ2v) is 5.18. The Bertz CT molecular complexity index is 262. The van der Waals surface area contributed by atoms with E-state index in [1.165, 1.54) is 15.6 Å². The number of hydrogen-bond acceptors (Lipinski definition) is 0. The first-order valence-electron chi connectivity index (χ1n) is 5.17. The van der Waals surface area contributed by atoms with Gasteiger partial charge in [-0.25, -0.2) is 0 Å². The largest absolute Gasteiger partial charge is 0.0683 e. The van der Waals surface area contributed by atoms with Crippen molar-refractivity contribution in [3.63, 3.8) is 0 Å². The van der Waals surface area contributed by atoms with Crippen molar-refractivity contribution in [2.75, 3.05) is 0 Å². The molecule has 0 aliphatic carbocycles. The Hall–Kier alpha value is -0.300. The van der Waals surface area contributed by atoms with Gasteiger partial charge in [0.25, 0.3) is 0 Å². The third-order valence-electron chi connectivity index (χ3n) is 1.91. The molecule has 1 rings (SSSR count). The van der Waals surface area contributed by atoms with Gasteiger partial charge in [0.05, 0.1) is 0 Å². The average Bonchev–Trinajstić information content (AvgIpc) is 2.04. The fourth-order valence-corrected chi connectivity index (χ4v) is 1.78. The van der Waals surface area contributed by atoms with E-state index in [1.54, 1.807) is 0 Å². The Morgan fingerprint density at radius 1 is 1.00 bits per heavy atom. The summed E-state index contributed by atoms with van der Waals surface area (Å²) in [7, 11) is 0. The van der Waals surface area contributed by atoms with E-state index in [0.717, 1.165) is 0 Å². The van der Waals surface area contributed by atoms with Crippen molar-refractivity contribution in [3.8, 4) is 0 Å². The minimum atomic E-state index is 0.245. The molecular weight excluding hydrogens is 236 g/mol. The Kier molecular flexibility index (Phi) is 5.43. The molecule has 1 aromatic rings. The van der Waals surface area contributed by atoms with E-state index in [2.05, 4.69) is 61.8 Å². The van der Waals surface area contributed by atoms with Crippen LogP contribution in [0.2, 0.25) is 0 Å². The summed E-state index contributed by atoms with van der Waals surface area (Å²) in [6, 6.07) is 6.56. The van der Waals surface area contributed by atoms with Crippen molar-refractivity contribution >= 4 is 15.9 Å². The first-order valence-corrected chi connectivity index (χ1v) is 5.96. The van der Waals surface area contributed by atoms with Crippen LogP contribution in [0, 0.1) is 6.92 Å². The van der Waals surface area contributed by atoms with Crippen molar-refractivity contribution in [2.45, 2.75) is 47.0 Å². The monoisotopic (exact) mass is 256 g/mol. The molecule has 0 atom stereocenters. The standard InChI is InChI=1S/C11H15Br.C2H6/c1-8-5-9(11(2,3)4)7-10(12)6-8;1-2/h5-7H,1-4H3;1-2H3. The fraction of sp³-hybridized carbons (Fsp3) is 0.538. The molecule has 0 bridgehead atoms. The molecule has 0 radical (unpaired) electrons. The van der Waals surface area contributed by atoms with E-state index >= 15 is 0 Å². The first kappa shape index (κ1) is 13.7. The summed E-state index contributed by atoms with van der Waals surface area (Å²) in [5, 5.41) is 0. The lowest BCUT2D eigenvalue weighted by Gasteiger charge is -2.19. The quantitative estimate of drug-likeness (QED) is 0.607. The predicted molar refractivity (Wildman–Crippen MR) is 68.9 cm³/mol. The fourth-order valence-electron chi connectivity index (χ4n) is 1.17. The summed E-state index contributed by atoms with van der Waals surface area (Å²) in [6.07, 6.45) is 0. The molecule has 0 spiro atoms. The van der Waals surface area contributed by atoms with Crippen LogP contribution in [-0.4, -0.2) is 0 Å². The second-order valence-electron chi connectivity index (χ2n) is 4.27. The van der Waals surface area contributed by atoms with Crippen LogP contribution < -0.4 is 0 Å². The van der Waals surface area contributed by atoms with Gasteiger partial charge in [-0.2, -0.15) is 0 Å². The minimum absolute atomic E-state index is 0.245. The molecule has 0 aliphatic heterocycles. The molecule has 0 amide bonds. The number of hydrogen-bond donors (Lipinski definition) is 0. The Morgan fingerprint density at radius 2 is 1.50 bits per heavy atom. The lowest BCUT2D eigenvalue weighted by molar-refractivity contribution is 0.589. The zero-order chi connectivity index (χ0) is 11.4. The highest BCUT2D eigenvalue weighted by Crippen LogP contribution is 2.26. The Balaban J connectivity index is 0.000000791. The summed E-state index contributed by atoms with van der Waals surface area (Å²) in [6.45, 7) is 12.8. The molecule has 0 saturated heterocycles. The normalized spacial score (nSPS) is 10.5. The van der Waals surface area contributed by atoms with Gasteiger partial charge in [-0.1, -0.05) is 56.6 Å². The second kappa shape index (κ2) is 5.55. The van der Waals surface area contributed by atoms with Gasteiger partial charge in [-0.3, -0.25) is 0 Å². The molecule has 0 nitrogen and oxygen atoms in total. The van der Waals surface area contributed by atoms with Crippen LogP contribution in [0.4, 0.5) is 0 Å². The molecule has 0 aromatic heterocycles. The highest BCUT2D eigenvalue weighted by atomic mass is 79.9. The minimum Gasteiger partial charge on any atom is -0.0683 e. The maximum Gasteiger partial charge on any atom is 0.0180 e. The summed E-state index contributed by atoms with van der Waals surface area (Å²) in [4.78, 5) is 0. The maximum absolute atomic E-state index is 3.51. The van der Waals surface area contributed by atoms with Crippen molar-refractivity contribution in [1.29, 1.82) is 0 Å². The van der Waals surface area contributed by atoms with Gasteiger partial charge in [-0.15, -0.1) is 0 Å². The van der Waals surface area contributed by atoms with Gasteiger partial charge in [0.15, 0.2) is 0 Å². The lowest BCUT2D eigenvalue weighted by Crippen LogP contribution is -2.11. The third kappa shape index (κ3) is 4.28. The topological polar surface area (TPSA) is 0 Å². The molecule has 80 valence electrons. The van der Waals surface area contributed by atoms with Crippen molar-refractivity contribution in [1.82, 2.24) is 0 Å². The van der Waals surface area contributed by atoms with Crippen LogP contribution >= 0.6 is 15.9 Å². The molecule has 0 aliphatic rings. The van der Waals surface area contributed by atoms with E-state index in [1.807, 2.05) is 13.8 Å². The maximum atomic E-state index is 3.51. The van der Waals surface area contributed by atoms with Crippen LogP contribution in [0.3, 0.4) is 0 Å². The highest BCUT2D eigenvalue weighted by molar-refractivity contribution is 9.10. The van der Waals surface area contributed by atoms with Gasteiger partial charge in [0.1, 0.15) is 0 Å². The highest BCUT2D eigenvalue weighted by Gasteiger charge is 2.13. The number of halogens is 1. The number of aryl methyl sites for hydroxylation is 1. The van der Waals surface area contributed by atoms with Crippen molar-refractivity contribution in [2.24, 2.45) is 0 Å². The number of benzene rings is 1. The molecule has 0 heterocycles. The molecular formula is C13H21Br. The Morgan fingerprint density at radius 3 is 1.86 bits per heavy atom. The van der Waals surface area contributed by atoms with E-state index < -0.39 is 0 Å². The van der Waals surface area contributed by atoms with E-state index in [9.17, 15) is 0 Å². The van der Waals surface area contributed by atoms with Crippen molar-refractivity contribution < 1.29 is 0 Å². The zero-order valence-electron chi connectivity index (χ0n) is 10.1. The summed E-state index contributed by atoms with van der Waals surface area (Å²) in [5.41, 5.74) is 2.94. The predicted octanol–water partition coefficient (Wildman–Crippen LogP) is 5.08. The van der Waals surface area contributed by atoms with E-state index in [-0.39, 0.29) is 5.41 Å². The van der Waals surface area contributed by atoms with Gasteiger partial charge in [-0.05, 0) is 35.6 Å². The zero-order valence-corrected chi connectivity index (χ0v) is 11.7. The first-order chi connectivity index (χ1) is 6.39. The smallest absolute Gasteiger partial charge is 0.0180 e. The van der Waals surface area contributed by atoms with E-state index in [4.69, 9.17) is 0 Å². The van der Waals surface area contributed by atoms with Crippen LogP contribution in [0.25, 0.3) is 0 Å². The molecule has 0 saturated carbocycles. The van der Waals surface area contributed by atoms with Crippen LogP contribution in [-0.2, 0) is 5.41 Å². The lowest BCUT2D eigenvalue weighted by atomic mass is 9.86. The summed E-state index contributed by atoms with van der Waals surface area (Å²) < 4.78 is 1.17.